The Morgan fingerprint density at radius 1 is 1.09 bits per heavy atom. The third-order valence-corrected chi connectivity index (χ3v) is 4.34. The highest BCUT2D eigenvalue weighted by atomic mass is 16.6. The summed E-state index contributed by atoms with van der Waals surface area (Å²) in [4.78, 5) is 0. The topological polar surface area (TPSA) is 41.5 Å². The zero-order valence-electron chi connectivity index (χ0n) is 13.0. The fourth-order valence-electron chi connectivity index (χ4n) is 3.61. The Morgan fingerprint density at radius 2 is 1.86 bits per heavy atom. The van der Waals surface area contributed by atoms with E-state index < -0.39 is 6.29 Å². The van der Waals surface area contributed by atoms with Gasteiger partial charge in [0.1, 0.15) is 5.75 Å². The molecule has 0 fully saturated rings. The lowest BCUT2D eigenvalue weighted by atomic mass is 9.84. The van der Waals surface area contributed by atoms with E-state index in [1.165, 1.54) is 0 Å². The molecule has 2 heterocycles. The van der Waals surface area contributed by atoms with Crippen LogP contribution >= 0.6 is 0 Å². The van der Waals surface area contributed by atoms with Crippen molar-refractivity contribution in [3.63, 3.8) is 0 Å². The molecule has 112 valence electrons. The van der Waals surface area contributed by atoms with Gasteiger partial charge in [0.05, 0.1) is 5.54 Å². The third-order valence-electron chi connectivity index (χ3n) is 4.34. The van der Waals surface area contributed by atoms with E-state index in [0.717, 1.165) is 39.3 Å². The van der Waals surface area contributed by atoms with Gasteiger partial charge in [-0.25, -0.2) is 0 Å². The van der Waals surface area contributed by atoms with Crippen LogP contribution in [0.2, 0.25) is 0 Å². The molecule has 2 N–H and O–H groups in total. The number of anilines is 1. The van der Waals surface area contributed by atoms with Gasteiger partial charge < -0.3 is 15.2 Å². The predicted molar refractivity (Wildman–Crippen MR) is 88.8 cm³/mol. The first-order valence-electron chi connectivity index (χ1n) is 7.55. The van der Waals surface area contributed by atoms with Gasteiger partial charge in [-0.1, -0.05) is 30.3 Å². The second-order valence-electron chi connectivity index (χ2n) is 6.59. The number of fused-ring (bicyclic) bond motifs is 5. The van der Waals surface area contributed by atoms with E-state index in [9.17, 15) is 5.11 Å². The molecule has 1 atom stereocenters. The zero-order chi connectivity index (χ0) is 15.5. The van der Waals surface area contributed by atoms with Crippen LogP contribution in [0.5, 0.6) is 5.75 Å². The Bertz CT molecular complexity index is 805. The van der Waals surface area contributed by atoms with Crippen LogP contribution < -0.4 is 10.1 Å². The number of benzene rings is 2. The number of hydrogen-bond donors (Lipinski definition) is 2. The van der Waals surface area contributed by atoms with E-state index in [2.05, 4.69) is 44.3 Å². The summed E-state index contributed by atoms with van der Waals surface area (Å²) in [6.07, 6.45) is 1.26. The van der Waals surface area contributed by atoms with Crippen LogP contribution in [0.25, 0.3) is 16.7 Å². The molecule has 0 bridgehead atoms. The summed E-state index contributed by atoms with van der Waals surface area (Å²) in [5, 5.41) is 14.1. The standard InChI is InChI=1S/C19H19NO2/c1-11-10-19(2,3)20-14-9-8-13-12-6-4-5-7-15(12)22-18(21)17(13)16(11)14/h4-10,18,20-21H,1-3H3/t18-/m1/s1. The molecule has 0 aliphatic carbocycles. The molecule has 3 heteroatoms. The summed E-state index contributed by atoms with van der Waals surface area (Å²) in [6, 6.07) is 12.0. The molecular formula is C19H19NO2. The maximum atomic E-state index is 10.5. The van der Waals surface area contributed by atoms with Gasteiger partial charge in [0, 0.05) is 22.4 Å². The molecular weight excluding hydrogens is 274 g/mol. The SMILES string of the molecule is CC1=CC(C)(C)Nc2ccc3c(c21)[C@H](O)Oc1ccccc1-3. The van der Waals surface area contributed by atoms with E-state index in [0.29, 0.717) is 0 Å². The van der Waals surface area contributed by atoms with Crippen molar-refractivity contribution in [1.29, 1.82) is 0 Å². The van der Waals surface area contributed by atoms with Gasteiger partial charge in [-0.05, 0) is 44.0 Å². The lowest BCUT2D eigenvalue weighted by molar-refractivity contribution is -0.0214. The first-order valence-corrected chi connectivity index (χ1v) is 7.55. The number of hydrogen-bond acceptors (Lipinski definition) is 3. The van der Waals surface area contributed by atoms with Crippen molar-refractivity contribution in [3.05, 3.63) is 53.6 Å². The molecule has 0 unspecified atom stereocenters. The molecule has 2 aromatic carbocycles. The van der Waals surface area contributed by atoms with Crippen molar-refractivity contribution in [2.24, 2.45) is 0 Å². The fourth-order valence-corrected chi connectivity index (χ4v) is 3.61. The van der Waals surface area contributed by atoms with Crippen LogP contribution in [0.3, 0.4) is 0 Å². The summed E-state index contributed by atoms with van der Waals surface area (Å²) >= 11 is 0. The van der Waals surface area contributed by atoms with Crippen LogP contribution in [0, 0.1) is 0 Å². The second kappa shape index (κ2) is 4.37. The van der Waals surface area contributed by atoms with Crippen LogP contribution in [0.15, 0.2) is 42.5 Å². The van der Waals surface area contributed by atoms with E-state index in [1.807, 2.05) is 24.3 Å². The van der Waals surface area contributed by atoms with E-state index in [-0.39, 0.29) is 5.54 Å². The largest absolute Gasteiger partial charge is 0.460 e. The average Bonchev–Trinajstić information content (AvgIpc) is 2.45. The molecule has 2 aliphatic rings. The summed E-state index contributed by atoms with van der Waals surface area (Å²) in [6.45, 7) is 6.37. The number of aliphatic hydroxyl groups excluding tert-OH is 1. The van der Waals surface area contributed by atoms with Crippen molar-refractivity contribution < 1.29 is 9.84 Å². The molecule has 0 radical (unpaired) electrons. The quantitative estimate of drug-likeness (QED) is 0.759. The average molecular weight is 293 g/mol. The number of allylic oxidation sites excluding steroid dienone is 1. The number of aliphatic hydroxyl groups is 1. The minimum atomic E-state index is -0.939. The number of para-hydroxylation sites is 1. The summed E-state index contributed by atoms with van der Waals surface area (Å²) < 4.78 is 5.73. The molecule has 0 amide bonds. The molecule has 2 aromatic rings. The van der Waals surface area contributed by atoms with Crippen LogP contribution in [0.4, 0.5) is 5.69 Å². The minimum absolute atomic E-state index is 0.0935. The normalized spacial score (nSPS) is 20.7. The van der Waals surface area contributed by atoms with Crippen molar-refractivity contribution >= 4 is 11.3 Å². The Kier molecular flexibility index (Phi) is 2.66. The summed E-state index contributed by atoms with van der Waals surface area (Å²) in [7, 11) is 0. The van der Waals surface area contributed by atoms with E-state index in [1.54, 1.807) is 0 Å². The molecule has 22 heavy (non-hydrogen) atoms. The second-order valence-corrected chi connectivity index (χ2v) is 6.59. The van der Waals surface area contributed by atoms with Crippen LogP contribution in [0.1, 0.15) is 38.2 Å². The van der Waals surface area contributed by atoms with Crippen molar-refractivity contribution in [2.45, 2.75) is 32.6 Å². The number of ether oxygens (including phenoxy) is 1. The molecule has 0 saturated heterocycles. The molecule has 4 rings (SSSR count). The van der Waals surface area contributed by atoms with Gasteiger partial charge in [-0.2, -0.15) is 0 Å². The maximum Gasteiger partial charge on any atom is 0.225 e. The minimum Gasteiger partial charge on any atom is -0.460 e. The highest BCUT2D eigenvalue weighted by Gasteiger charge is 2.32. The first kappa shape index (κ1) is 13.4. The first-order chi connectivity index (χ1) is 10.5. The molecule has 0 saturated carbocycles. The van der Waals surface area contributed by atoms with E-state index in [4.69, 9.17) is 4.74 Å². The molecule has 0 aromatic heterocycles. The van der Waals surface area contributed by atoms with Crippen molar-refractivity contribution in [2.75, 3.05) is 5.32 Å². The Balaban J connectivity index is 2.01. The maximum absolute atomic E-state index is 10.5. The van der Waals surface area contributed by atoms with Gasteiger partial charge in [0.2, 0.25) is 6.29 Å². The van der Waals surface area contributed by atoms with Crippen LogP contribution in [-0.2, 0) is 0 Å². The molecule has 3 nitrogen and oxygen atoms in total. The number of nitrogens with one attached hydrogen (secondary N) is 1. The van der Waals surface area contributed by atoms with Gasteiger partial charge >= 0.3 is 0 Å². The third kappa shape index (κ3) is 1.86. The van der Waals surface area contributed by atoms with Gasteiger partial charge in [0.15, 0.2) is 0 Å². The molecule has 0 spiro atoms. The highest BCUT2D eigenvalue weighted by molar-refractivity contribution is 5.89. The molecule has 2 aliphatic heterocycles. The lowest BCUT2D eigenvalue weighted by Gasteiger charge is -2.35. The van der Waals surface area contributed by atoms with Gasteiger partial charge in [0.25, 0.3) is 0 Å². The zero-order valence-corrected chi connectivity index (χ0v) is 13.0. The number of rotatable bonds is 0. The van der Waals surface area contributed by atoms with E-state index >= 15 is 0 Å². The van der Waals surface area contributed by atoms with Gasteiger partial charge in [-0.15, -0.1) is 0 Å². The fraction of sp³-hybridized carbons (Fsp3) is 0.263. The Hall–Kier alpha value is -2.26. The summed E-state index contributed by atoms with van der Waals surface area (Å²) in [5.74, 6) is 0.730. The van der Waals surface area contributed by atoms with Crippen LogP contribution in [-0.4, -0.2) is 10.6 Å². The Morgan fingerprint density at radius 3 is 2.68 bits per heavy atom. The van der Waals surface area contributed by atoms with Crippen molar-refractivity contribution in [3.8, 4) is 16.9 Å². The summed E-state index contributed by atoms with van der Waals surface area (Å²) in [5.41, 5.74) is 6.10. The van der Waals surface area contributed by atoms with Gasteiger partial charge in [-0.3, -0.25) is 0 Å². The highest BCUT2D eigenvalue weighted by Crippen LogP contribution is 2.48. The predicted octanol–water partition coefficient (Wildman–Crippen LogP) is 4.34. The monoisotopic (exact) mass is 293 g/mol. The van der Waals surface area contributed by atoms with Crippen molar-refractivity contribution in [1.82, 2.24) is 0 Å². The Labute approximate surface area is 130 Å². The smallest absolute Gasteiger partial charge is 0.225 e. The lowest BCUT2D eigenvalue weighted by Crippen LogP contribution is -2.32.